The second-order valence-corrected chi connectivity index (χ2v) is 6.56. The van der Waals surface area contributed by atoms with E-state index in [0.717, 1.165) is 29.6 Å². The van der Waals surface area contributed by atoms with E-state index in [0.29, 0.717) is 6.10 Å². The lowest BCUT2D eigenvalue weighted by molar-refractivity contribution is -0.0328. The van der Waals surface area contributed by atoms with Crippen molar-refractivity contribution >= 4 is 0 Å². The molecule has 16 heavy (non-hydrogen) atoms. The summed E-state index contributed by atoms with van der Waals surface area (Å²) in [5, 5.41) is 0. The molecule has 2 aliphatic carbocycles. The zero-order valence-electron chi connectivity index (χ0n) is 11.4. The van der Waals surface area contributed by atoms with E-state index in [1.54, 1.807) is 0 Å². The van der Waals surface area contributed by atoms with E-state index in [1.165, 1.54) is 32.1 Å². The molecule has 0 aromatic rings. The first-order valence-electron chi connectivity index (χ1n) is 7.14. The van der Waals surface area contributed by atoms with Gasteiger partial charge < -0.3 is 4.74 Å². The second-order valence-electron chi connectivity index (χ2n) is 6.56. The maximum absolute atomic E-state index is 5.65. The Morgan fingerprint density at radius 1 is 0.812 bits per heavy atom. The van der Waals surface area contributed by atoms with Gasteiger partial charge in [-0.2, -0.15) is 0 Å². The van der Waals surface area contributed by atoms with Gasteiger partial charge in [0.15, 0.2) is 0 Å². The molecule has 4 atom stereocenters. The minimum absolute atomic E-state index is 0.509. The van der Waals surface area contributed by atoms with E-state index in [9.17, 15) is 0 Å². The van der Waals surface area contributed by atoms with E-state index in [-0.39, 0.29) is 0 Å². The van der Waals surface area contributed by atoms with Gasteiger partial charge in [-0.1, -0.05) is 27.2 Å². The SMILES string of the molecule is COC1C(C)CC(C2CCC(C)C2)CC1C. The Balaban J connectivity index is 1.94. The van der Waals surface area contributed by atoms with Crippen molar-refractivity contribution in [3.63, 3.8) is 0 Å². The van der Waals surface area contributed by atoms with E-state index in [1.807, 2.05) is 7.11 Å². The van der Waals surface area contributed by atoms with Gasteiger partial charge in [-0.05, 0) is 55.3 Å². The third-order valence-electron chi connectivity index (χ3n) is 5.14. The van der Waals surface area contributed by atoms with Crippen molar-refractivity contribution < 1.29 is 4.74 Å². The third kappa shape index (κ3) is 2.45. The summed E-state index contributed by atoms with van der Waals surface area (Å²) in [6.07, 6.45) is 7.76. The summed E-state index contributed by atoms with van der Waals surface area (Å²) in [4.78, 5) is 0. The highest BCUT2D eigenvalue weighted by molar-refractivity contribution is 4.88. The quantitative estimate of drug-likeness (QED) is 0.685. The standard InChI is InChI=1S/C15H28O/c1-10-5-6-13(7-10)14-8-11(2)15(16-4)12(3)9-14/h10-15H,5-9H2,1-4H3. The summed E-state index contributed by atoms with van der Waals surface area (Å²) in [7, 11) is 1.88. The molecular formula is C15H28O. The van der Waals surface area contributed by atoms with Crippen LogP contribution in [-0.2, 0) is 4.74 Å². The lowest BCUT2D eigenvalue weighted by Crippen LogP contribution is -2.37. The maximum atomic E-state index is 5.65. The number of hydrogen-bond donors (Lipinski definition) is 0. The molecule has 2 saturated carbocycles. The Morgan fingerprint density at radius 3 is 1.88 bits per heavy atom. The van der Waals surface area contributed by atoms with Gasteiger partial charge in [0.05, 0.1) is 6.10 Å². The predicted octanol–water partition coefficient (Wildman–Crippen LogP) is 4.12. The Labute approximate surface area is 101 Å². The third-order valence-corrected chi connectivity index (χ3v) is 5.14. The fourth-order valence-corrected chi connectivity index (χ4v) is 4.41. The van der Waals surface area contributed by atoms with Crippen molar-refractivity contribution in [2.24, 2.45) is 29.6 Å². The molecule has 0 aliphatic heterocycles. The minimum Gasteiger partial charge on any atom is -0.381 e. The molecular weight excluding hydrogens is 196 g/mol. The molecule has 2 aliphatic rings. The summed E-state index contributed by atoms with van der Waals surface area (Å²) >= 11 is 0. The molecule has 94 valence electrons. The van der Waals surface area contributed by atoms with Crippen LogP contribution >= 0.6 is 0 Å². The molecule has 2 rings (SSSR count). The van der Waals surface area contributed by atoms with Crippen LogP contribution in [0, 0.1) is 29.6 Å². The predicted molar refractivity (Wildman–Crippen MR) is 68.4 cm³/mol. The summed E-state index contributed by atoms with van der Waals surface area (Å²) in [6, 6.07) is 0. The number of ether oxygens (including phenoxy) is 1. The van der Waals surface area contributed by atoms with Gasteiger partial charge in [-0.15, -0.1) is 0 Å². The van der Waals surface area contributed by atoms with Crippen LogP contribution in [0.15, 0.2) is 0 Å². The van der Waals surface area contributed by atoms with E-state index >= 15 is 0 Å². The van der Waals surface area contributed by atoms with Crippen LogP contribution < -0.4 is 0 Å². The largest absolute Gasteiger partial charge is 0.381 e. The van der Waals surface area contributed by atoms with Crippen molar-refractivity contribution in [3.05, 3.63) is 0 Å². The molecule has 0 saturated heterocycles. The number of hydrogen-bond acceptors (Lipinski definition) is 1. The Hall–Kier alpha value is -0.0400. The van der Waals surface area contributed by atoms with Gasteiger partial charge in [-0.3, -0.25) is 0 Å². The van der Waals surface area contributed by atoms with Crippen LogP contribution in [0.5, 0.6) is 0 Å². The van der Waals surface area contributed by atoms with E-state index < -0.39 is 0 Å². The highest BCUT2D eigenvalue weighted by atomic mass is 16.5. The van der Waals surface area contributed by atoms with Crippen molar-refractivity contribution in [1.29, 1.82) is 0 Å². The molecule has 0 aromatic heterocycles. The Kier molecular flexibility index (Phi) is 3.94. The van der Waals surface area contributed by atoms with Crippen LogP contribution in [0.1, 0.15) is 52.9 Å². The van der Waals surface area contributed by atoms with Crippen molar-refractivity contribution in [1.82, 2.24) is 0 Å². The average Bonchev–Trinajstić information content (AvgIpc) is 2.64. The lowest BCUT2D eigenvalue weighted by Gasteiger charge is -2.40. The zero-order chi connectivity index (χ0) is 11.7. The van der Waals surface area contributed by atoms with E-state index in [2.05, 4.69) is 20.8 Å². The highest BCUT2D eigenvalue weighted by Gasteiger charge is 2.38. The van der Waals surface area contributed by atoms with Crippen LogP contribution in [0.25, 0.3) is 0 Å². The van der Waals surface area contributed by atoms with Gasteiger partial charge in [0.1, 0.15) is 0 Å². The van der Waals surface area contributed by atoms with Crippen molar-refractivity contribution in [2.75, 3.05) is 7.11 Å². The molecule has 1 nitrogen and oxygen atoms in total. The van der Waals surface area contributed by atoms with Gasteiger partial charge in [-0.25, -0.2) is 0 Å². The van der Waals surface area contributed by atoms with Crippen LogP contribution in [0.4, 0.5) is 0 Å². The zero-order valence-corrected chi connectivity index (χ0v) is 11.4. The molecule has 0 heterocycles. The first-order chi connectivity index (χ1) is 7.61. The smallest absolute Gasteiger partial charge is 0.0622 e. The molecule has 1 heteroatoms. The maximum Gasteiger partial charge on any atom is 0.0622 e. The van der Waals surface area contributed by atoms with Gasteiger partial charge >= 0.3 is 0 Å². The Morgan fingerprint density at radius 2 is 1.44 bits per heavy atom. The van der Waals surface area contributed by atoms with Gasteiger partial charge in [0.2, 0.25) is 0 Å². The molecule has 0 bridgehead atoms. The normalized spacial score (nSPS) is 49.5. The summed E-state index contributed by atoms with van der Waals surface area (Å²) in [6.45, 7) is 7.19. The minimum atomic E-state index is 0.509. The first-order valence-corrected chi connectivity index (χ1v) is 7.14. The molecule has 0 N–H and O–H groups in total. The monoisotopic (exact) mass is 224 g/mol. The molecule has 0 spiro atoms. The highest BCUT2D eigenvalue weighted by Crippen LogP contribution is 2.45. The van der Waals surface area contributed by atoms with Crippen molar-refractivity contribution in [2.45, 2.75) is 59.0 Å². The fourth-order valence-electron chi connectivity index (χ4n) is 4.41. The van der Waals surface area contributed by atoms with Crippen LogP contribution in [0.2, 0.25) is 0 Å². The number of rotatable bonds is 2. The Bertz CT molecular complexity index is 213. The molecule has 0 amide bonds. The molecule has 4 unspecified atom stereocenters. The lowest BCUT2D eigenvalue weighted by atomic mass is 9.69. The van der Waals surface area contributed by atoms with Crippen LogP contribution in [0.3, 0.4) is 0 Å². The van der Waals surface area contributed by atoms with Crippen molar-refractivity contribution in [3.8, 4) is 0 Å². The summed E-state index contributed by atoms with van der Waals surface area (Å²) < 4.78 is 5.65. The van der Waals surface area contributed by atoms with Gasteiger partial charge in [0, 0.05) is 7.11 Å². The average molecular weight is 224 g/mol. The molecule has 0 radical (unpaired) electrons. The number of methoxy groups -OCH3 is 1. The second kappa shape index (κ2) is 5.08. The fraction of sp³-hybridized carbons (Fsp3) is 1.00. The first kappa shape index (κ1) is 12.4. The topological polar surface area (TPSA) is 9.23 Å². The molecule has 2 fully saturated rings. The molecule has 0 aromatic carbocycles. The van der Waals surface area contributed by atoms with Gasteiger partial charge in [0.25, 0.3) is 0 Å². The van der Waals surface area contributed by atoms with Crippen LogP contribution in [-0.4, -0.2) is 13.2 Å². The summed E-state index contributed by atoms with van der Waals surface area (Å²) in [5.74, 6) is 4.51. The summed E-state index contributed by atoms with van der Waals surface area (Å²) in [5.41, 5.74) is 0. The van der Waals surface area contributed by atoms with E-state index in [4.69, 9.17) is 4.74 Å².